The summed E-state index contributed by atoms with van der Waals surface area (Å²) in [5.74, 6) is -0.590. The molecule has 1 aromatic rings. The minimum Gasteiger partial charge on any atom is -0.493 e. The van der Waals surface area contributed by atoms with Crippen LogP contribution >= 0.6 is 0 Å². The highest BCUT2D eigenvalue weighted by molar-refractivity contribution is 6.01. The quantitative estimate of drug-likeness (QED) is 0.771. The van der Waals surface area contributed by atoms with Gasteiger partial charge in [0.05, 0.1) is 44.1 Å². The lowest BCUT2D eigenvalue weighted by Crippen LogP contribution is -2.53. The molecule has 1 heterocycles. The highest BCUT2D eigenvalue weighted by Gasteiger charge is 2.57. The maximum absolute atomic E-state index is 10.1. The zero-order valence-corrected chi connectivity index (χ0v) is 17.6. The van der Waals surface area contributed by atoms with Gasteiger partial charge >= 0.3 is 0 Å². The highest BCUT2D eigenvalue weighted by atomic mass is 16.5. The summed E-state index contributed by atoms with van der Waals surface area (Å²) in [6.45, 7) is 5.37. The van der Waals surface area contributed by atoms with E-state index >= 15 is 0 Å². The van der Waals surface area contributed by atoms with E-state index in [4.69, 9.17) is 14.9 Å². The Morgan fingerprint density at radius 1 is 1.17 bits per heavy atom. The fraction of sp³-hybridized carbons (Fsp3) is 0.478. The Kier molecular flexibility index (Phi) is 5.83. The Bertz CT molecular complexity index is 994. The van der Waals surface area contributed by atoms with Crippen LogP contribution in [0.5, 0.6) is 11.5 Å². The molecule has 0 aromatic heterocycles. The number of ether oxygens (including phenoxy) is 2. The normalized spacial score (nSPS) is 25.3. The molecule has 2 aliphatic rings. The number of nitrogens with one attached hydrogen (secondary N) is 1. The van der Waals surface area contributed by atoms with Gasteiger partial charge in [-0.25, -0.2) is 0 Å². The molecule has 30 heavy (non-hydrogen) atoms. The number of para-hydroxylation sites is 1. The molecule has 0 saturated heterocycles. The molecule has 0 bridgehead atoms. The molecule has 3 atom stereocenters. The van der Waals surface area contributed by atoms with Gasteiger partial charge in [-0.2, -0.15) is 15.8 Å². The molecule has 1 saturated carbocycles. The van der Waals surface area contributed by atoms with Gasteiger partial charge < -0.3 is 14.9 Å². The summed E-state index contributed by atoms with van der Waals surface area (Å²) in [7, 11) is 3.10. The van der Waals surface area contributed by atoms with E-state index in [0.29, 0.717) is 30.2 Å². The number of hydrogen-bond donors (Lipinski definition) is 1. The summed E-state index contributed by atoms with van der Waals surface area (Å²) in [6, 6.07) is 12.1. The summed E-state index contributed by atoms with van der Waals surface area (Å²) in [6.07, 6.45) is 1.91. The van der Waals surface area contributed by atoms with Crippen molar-refractivity contribution >= 4 is 5.71 Å². The van der Waals surface area contributed by atoms with E-state index in [1.165, 1.54) is 0 Å². The first-order valence-corrected chi connectivity index (χ1v) is 9.86. The van der Waals surface area contributed by atoms with Gasteiger partial charge in [0.1, 0.15) is 0 Å². The number of benzene rings is 1. The van der Waals surface area contributed by atoms with Gasteiger partial charge in [0, 0.05) is 36.5 Å². The molecule has 1 aliphatic carbocycles. The molecule has 1 N–H and O–H groups in total. The minimum atomic E-state index is -1.71. The number of rotatable bonds is 4. The Labute approximate surface area is 177 Å². The Hall–Kier alpha value is -3.34. The second kappa shape index (κ2) is 8.19. The third-order valence-corrected chi connectivity index (χ3v) is 6.31. The third kappa shape index (κ3) is 3.02. The van der Waals surface area contributed by atoms with Crippen LogP contribution in [-0.2, 0) is 0 Å². The molecule has 7 nitrogen and oxygen atoms in total. The molecular formula is C23H25N5O2. The lowest BCUT2D eigenvalue weighted by Gasteiger charge is -2.48. The van der Waals surface area contributed by atoms with Gasteiger partial charge in [0.2, 0.25) is 5.41 Å². The molecule has 3 rings (SSSR count). The maximum atomic E-state index is 10.1. The van der Waals surface area contributed by atoms with Crippen LogP contribution in [0.4, 0.5) is 0 Å². The summed E-state index contributed by atoms with van der Waals surface area (Å²) in [5.41, 5.74) is -0.503. The van der Waals surface area contributed by atoms with Crippen molar-refractivity contribution < 1.29 is 9.47 Å². The lowest BCUT2D eigenvalue weighted by atomic mass is 9.55. The van der Waals surface area contributed by atoms with Crippen molar-refractivity contribution in [2.45, 2.75) is 25.8 Å². The first-order valence-electron chi connectivity index (χ1n) is 9.86. The predicted molar refractivity (Wildman–Crippen MR) is 111 cm³/mol. The van der Waals surface area contributed by atoms with Gasteiger partial charge in [0.25, 0.3) is 0 Å². The van der Waals surface area contributed by atoms with Gasteiger partial charge in [-0.05, 0) is 25.5 Å². The van der Waals surface area contributed by atoms with Gasteiger partial charge in [-0.3, -0.25) is 4.90 Å². The zero-order valence-electron chi connectivity index (χ0n) is 17.6. The Morgan fingerprint density at radius 3 is 2.40 bits per heavy atom. The second-order valence-electron chi connectivity index (χ2n) is 7.92. The van der Waals surface area contributed by atoms with E-state index in [-0.39, 0.29) is 17.7 Å². The van der Waals surface area contributed by atoms with Crippen molar-refractivity contribution in [1.29, 1.82) is 21.2 Å². The fourth-order valence-corrected chi connectivity index (χ4v) is 4.74. The Morgan fingerprint density at radius 2 is 1.87 bits per heavy atom. The summed E-state index contributed by atoms with van der Waals surface area (Å²) < 4.78 is 11.1. The minimum absolute atomic E-state index is 0.162. The average molecular weight is 403 g/mol. The zero-order chi connectivity index (χ0) is 22.1. The first kappa shape index (κ1) is 21.4. The highest BCUT2D eigenvalue weighted by Crippen LogP contribution is 2.54. The SMILES string of the molecule is COc1cccc([C@@H]2[C@H](C#N)C(=N)C(C#N)(C#N)C3=CCN(C(C)C)C[C@H]32)c1OC. The molecule has 0 unspecified atom stereocenters. The van der Waals surface area contributed by atoms with Crippen LogP contribution in [0.2, 0.25) is 0 Å². The summed E-state index contributed by atoms with van der Waals surface area (Å²) in [5, 5.41) is 38.7. The lowest BCUT2D eigenvalue weighted by molar-refractivity contribution is 0.174. The molecule has 154 valence electrons. The van der Waals surface area contributed by atoms with Crippen LogP contribution in [0.1, 0.15) is 25.3 Å². The summed E-state index contributed by atoms with van der Waals surface area (Å²) in [4.78, 5) is 2.25. The Balaban J connectivity index is 2.28. The number of fused-ring (bicyclic) bond motifs is 1. The molecule has 1 aromatic carbocycles. The monoisotopic (exact) mass is 403 g/mol. The molecule has 0 radical (unpaired) electrons. The van der Waals surface area contributed by atoms with E-state index in [0.717, 1.165) is 5.56 Å². The largest absolute Gasteiger partial charge is 0.493 e. The first-order chi connectivity index (χ1) is 14.4. The van der Waals surface area contributed by atoms with Crippen molar-refractivity contribution in [2.24, 2.45) is 17.3 Å². The van der Waals surface area contributed by atoms with Crippen LogP contribution in [-0.4, -0.2) is 44.0 Å². The van der Waals surface area contributed by atoms with Gasteiger partial charge in [-0.1, -0.05) is 18.2 Å². The van der Waals surface area contributed by atoms with Crippen molar-refractivity contribution in [3.05, 3.63) is 35.4 Å². The van der Waals surface area contributed by atoms with Crippen LogP contribution in [0, 0.1) is 56.7 Å². The topological polar surface area (TPSA) is 117 Å². The number of methoxy groups -OCH3 is 2. The van der Waals surface area contributed by atoms with E-state index < -0.39 is 17.3 Å². The molecular weight excluding hydrogens is 378 g/mol. The van der Waals surface area contributed by atoms with E-state index in [2.05, 4.69) is 37.0 Å². The number of nitriles is 3. The second-order valence-corrected chi connectivity index (χ2v) is 7.92. The average Bonchev–Trinajstić information content (AvgIpc) is 2.77. The van der Waals surface area contributed by atoms with Crippen LogP contribution in [0.15, 0.2) is 29.8 Å². The number of nitrogens with zero attached hydrogens (tertiary/aromatic N) is 4. The van der Waals surface area contributed by atoms with E-state index in [1.54, 1.807) is 20.3 Å². The van der Waals surface area contributed by atoms with Gasteiger partial charge in [0.15, 0.2) is 11.5 Å². The third-order valence-electron chi connectivity index (χ3n) is 6.31. The summed E-state index contributed by atoms with van der Waals surface area (Å²) >= 11 is 0. The molecule has 1 aliphatic heterocycles. The molecule has 1 fully saturated rings. The number of hydrogen-bond acceptors (Lipinski definition) is 7. The maximum Gasteiger partial charge on any atom is 0.203 e. The molecule has 7 heteroatoms. The van der Waals surface area contributed by atoms with E-state index in [1.807, 2.05) is 18.2 Å². The van der Waals surface area contributed by atoms with E-state index in [9.17, 15) is 15.8 Å². The van der Waals surface area contributed by atoms with Crippen LogP contribution in [0.25, 0.3) is 0 Å². The van der Waals surface area contributed by atoms with Crippen molar-refractivity contribution in [3.8, 4) is 29.7 Å². The molecule has 0 spiro atoms. The standard InChI is InChI=1S/C23H25N5O2/c1-14(2)28-9-8-18-17(11-28)20(15-6-5-7-19(29-3)21(15)30-4)16(10-24)22(27)23(18,12-25)13-26/h5-8,14,16-17,20,27H,9,11H2,1-4H3/t16-,17+,20+/m0/s1. The van der Waals surface area contributed by atoms with Crippen molar-refractivity contribution in [2.75, 3.05) is 27.3 Å². The van der Waals surface area contributed by atoms with Crippen LogP contribution in [0.3, 0.4) is 0 Å². The fourth-order valence-electron chi connectivity index (χ4n) is 4.74. The predicted octanol–water partition coefficient (Wildman–Crippen LogP) is 3.26. The van der Waals surface area contributed by atoms with Crippen LogP contribution < -0.4 is 9.47 Å². The van der Waals surface area contributed by atoms with Crippen molar-refractivity contribution in [1.82, 2.24) is 4.90 Å². The molecule has 0 amide bonds. The van der Waals surface area contributed by atoms with Crippen molar-refractivity contribution in [3.63, 3.8) is 0 Å². The van der Waals surface area contributed by atoms with Gasteiger partial charge in [-0.15, -0.1) is 0 Å². The smallest absolute Gasteiger partial charge is 0.203 e.